The second-order valence-electron chi connectivity index (χ2n) is 5.89. The monoisotopic (exact) mass is 387 g/mol. The first kappa shape index (κ1) is 16.5. The molecule has 1 aromatic carbocycles. The van der Waals surface area contributed by atoms with E-state index in [9.17, 15) is 9.59 Å². The Morgan fingerprint density at radius 2 is 1.83 bits per heavy atom. The van der Waals surface area contributed by atoms with Gasteiger partial charge in [0.05, 0.1) is 6.54 Å². The Balaban J connectivity index is 1.84. The lowest BCUT2D eigenvalue weighted by Gasteiger charge is -2.11. The minimum Gasteiger partial charge on any atom is -0.352 e. The van der Waals surface area contributed by atoms with Crippen LogP contribution in [0.5, 0.6) is 0 Å². The van der Waals surface area contributed by atoms with Crippen LogP contribution in [0.15, 0.2) is 40.5 Å². The van der Waals surface area contributed by atoms with Gasteiger partial charge in [-0.2, -0.15) is 0 Å². The quantitative estimate of drug-likeness (QED) is 0.647. The fraction of sp³-hybridized carbons (Fsp3) is 0.222. The molecular formula is C18H18BrN3O2. The molecule has 6 heteroatoms. The third-order valence-corrected chi connectivity index (χ3v) is 4.86. The van der Waals surface area contributed by atoms with E-state index in [2.05, 4.69) is 21.2 Å². The zero-order valence-electron chi connectivity index (χ0n) is 13.8. The topological polar surface area (TPSA) is 54.3 Å². The molecule has 1 N–H and O–H groups in total. The van der Waals surface area contributed by atoms with Crippen LogP contribution in [-0.4, -0.2) is 21.4 Å². The summed E-state index contributed by atoms with van der Waals surface area (Å²) in [5, 5.41) is 2.67. The summed E-state index contributed by atoms with van der Waals surface area (Å²) in [6.45, 7) is 4.24. The van der Waals surface area contributed by atoms with Crippen molar-refractivity contribution in [3.63, 3.8) is 0 Å². The summed E-state index contributed by atoms with van der Waals surface area (Å²) in [6, 6.07) is 9.16. The largest absolute Gasteiger partial charge is 0.352 e. The van der Waals surface area contributed by atoms with Crippen molar-refractivity contribution < 1.29 is 9.59 Å². The van der Waals surface area contributed by atoms with Gasteiger partial charge in [0.1, 0.15) is 5.70 Å². The molecule has 1 saturated heterocycles. The number of urea groups is 1. The van der Waals surface area contributed by atoms with Crippen LogP contribution in [-0.2, 0) is 18.4 Å². The minimum absolute atomic E-state index is 0.252. The van der Waals surface area contributed by atoms with E-state index < -0.39 is 0 Å². The Kier molecular flexibility index (Phi) is 4.32. The first-order chi connectivity index (χ1) is 11.4. The fourth-order valence-electron chi connectivity index (χ4n) is 2.67. The Bertz CT molecular complexity index is 850. The van der Waals surface area contributed by atoms with Crippen LogP contribution in [0.4, 0.5) is 4.79 Å². The van der Waals surface area contributed by atoms with Crippen LogP contribution < -0.4 is 5.32 Å². The van der Waals surface area contributed by atoms with E-state index in [0.29, 0.717) is 5.70 Å². The van der Waals surface area contributed by atoms with Gasteiger partial charge < -0.3 is 9.88 Å². The summed E-state index contributed by atoms with van der Waals surface area (Å²) in [7, 11) is 1.97. The molecule has 1 aromatic heterocycles. The Hall–Kier alpha value is -2.34. The van der Waals surface area contributed by atoms with Gasteiger partial charge in [0.15, 0.2) is 0 Å². The van der Waals surface area contributed by atoms with Crippen LogP contribution in [0.3, 0.4) is 0 Å². The molecule has 0 atom stereocenters. The van der Waals surface area contributed by atoms with Gasteiger partial charge >= 0.3 is 6.03 Å². The van der Waals surface area contributed by atoms with Crippen LogP contribution in [0.2, 0.25) is 0 Å². The number of benzene rings is 1. The van der Waals surface area contributed by atoms with Crippen molar-refractivity contribution in [3.05, 3.63) is 63.0 Å². The van der Waals surface area contributed by atoms with Crippen molar-refractivity contribution >= 4 is 33.9 Å². The van der Waals surface area contributed by atoms with Crippen LogP contribution >= 0.6 is 15.9 Å². The van der Waals surface area contributed by atoms with E-state index in [-0.39, 0.29) is 18.5 Å². The highest BCUT2D eigenvalue weighted by Gasteiger charge is 2.33. The molecule has 5 nitrogen and oxygen atoms in total. The third kappa shape index (κ3) is 3.01. The summed E-state index contributed by atoms with van der Waals surface area (Å²) in [5.74, 6) is -0.302. The summed E-state index contributed by atoms with van der Waals surface area (Å²) in [5.41, 5.74) is 4.29. The van der Waals surface area contributed by atoms with Crippen molar-refractivity contribution in [2.75, 3.05) is 0 Å². The number of aryl methyl sites for hydroxylation is 1. The maximum Gasteiger partial charge on any atom is 0.329 e. The second-order valence-corrected chi connectivity index (χ2v) is 6.81. The lowest BCUT2D eigenvalue weighted by Crippen LogP contribution is -2.30. The predicted octanol–water partition coefficient (Wildman–Crippen LogP) is 3.50. The van der Waals surface area contributed by atoms with Gasteiger partial charge in [-0.3, -0.25) is 9.69 Å². The van der Waals surface area contributed by atoms with Gasteiger partial charge in [-0.1, -0.05) is 28.1 Å². The number of aromatic nitrogens is 1. The molecule has 2 heterocycles. The van der Waals surface area contributed by atoms with Gasteiger partial charge in [-0.15, -0.1) is 0 Å². The lowest BCUT2D eigenvalue weighted by molar-refractivity contribution is -0.123. The van der Waals surface area contributed by atoms with E-state index in [0.717, 1.165) is 27.0 Å². The number of amides is 3. The summed E-state index contributed by atoms with van der Waals surface area (Å²) < 4.78 is 3.01. The van der Waals surface area contributed by atoms with Crippen molar-refractivity contribution in [1.82, 2.24) is 14.8 Å². The Morgan fingerprint density at radius 1 is 1.17 bits per heavy atom. The first-order valence-corrected chi connectivity index (χ1v) is 8.38. The number of nitrogens with one attached hydrogen (secondary N) is 1. The van der Waals surface area contributed by atoms with Crippen molar-refractivity contribution in [1.29, 1.82) is 0 Å². The maximum absolute atomic E-state index is 12.6. The average Bonchev–Trinajstić information content (AvgIpc) is 2.95. The molecular weight excluding hydrogens is 370 g/mol. The molecule has 0 radical (unpaired) electrons. The molecule has 1 aliphatic heterocycles. The number of rotatable bonds is 3. The van der Waals surface area contributed by atoms with E-state index in [1.807, 2.05) is 55.8 Å². The van der Waals surface area contributed by atoms with Gasteiger partial charge in [0.2, 0.25) is 0 Å². The van der Waals surface area contributed by atoms with E-state index in [1.54, 1.807) is 6.08 Å². The molecule has 0 aliphatic carbocycles. The smallest absolute Gasteiger partial charge is 0.329 e. The lowest BCUT2D eigenvalue weighted by atomic mass is 10.2. The molecule has 0 bridgehead atoms. The van der Waals surface area contributed by atoms with Crippen molar-refractivity contribution in [3.8, 4) is 0 Å². The number of imide groups is 1. The van der Waals surface area contributed by atoms with E-state index >= 15 is 0 Å². The van der Waals surface area contributed by atoms with Gasteiger partial charge in [0.25, 0.3) is 5.91 Å². The van der Waals surface area contributed by atoms with Gasteiger partial charge in [-0.05, 0) is 49.2 Å². The highest BCUT2D eigenvalue weighted by molar-refractivity contribution is 9.10. The van der Waals surface area contributed by atoms with Crippen LogP contribution in [0.25, 0.3) is 6.08 Å². The molecule has 1 aliphatic rings. The van der Waals surface area contributed by atoms with Gasteiger partial charge in [-0.25, -0.2) is 4.79 Å². The summed E-state index contributed by atoms with van der Waals surface area (Å²) in [6.07, 6.45) is 1.74. The number of halogens is 1. The minimum atomic E-state index is -0.389. The number of carbonyl (C=O) groups excluding carboxylic acids is 2. The van der Waals surface area contributed by atoms with Crippen LogP contribution in [0, 0.1) is 13.8 Å². The zero-order valence-corrected chi connectivity index (χ0v) is 15.3. The third-order valence-electron chi connectivity index (χ3n) is 4.33. The molecule has 0 unspecified atom stereocenters. The van der Waals surface area contributed by atoms with E-state index in [4.69, 9.17) is 0 Å². The summed E-state index contributed by atoms with van der Waals surface area (Å²) in [4.78, 5) is 25.9. The Labute approximate surface area is 149 Å². The average molecular weight is 388 g/mol. The predicted molar refractivity (Wildman–Crippen MR) is 96.1 cm³/mol. The van der Waals surface area contributed by atoms with Crippen molar-refractivity contribution in [2.45, 2.75) is 20.4 Å². The molecule has 0 saturated carbocycles. The fourth-order valence-corrected chi connectivity index (χ4v) is 2.94. The number of nitrogens with zero attached hydrogens (tertiary/aromatic N) is 2. The molecule has 0 spiro atoms. The number of carbonyl (C=O) groups is 2. The van der Waals surface area contributed by atoms with Crippen molar-refractivity contribution in [2.24, 2.45) is 7.05 Å². The van der Waals surface area contributed by atoms with Crippen LogP contribution in [0.1, 0.15) is 22.5 Å². The standard InChI is InChI=1S/C18H18BrN3O2/c1-11-8-14(12(2)21(11)3)9-16-17(23)22(18(24)20-16)10-13-4-6-15(19)7-5-13/h4-9H,10H2,1-3H3,(H,20,24)/b16-9+. The first-order valence-electron chi connectivity index (χ1n) is 7.58. The normalized spacial score (nSPS) is 16.2. The Morgan fingerprint density at radius 3 is 2.42 bits per heavy atom. The van der Waals surface area contributed by atoms with Gasteiger partial charge in [0, 0.05) is 22.9 Å². The summed E-state index contributed by atoms with van der Waals surface area (Å²) >= 11 is 3.37. The zero-order chi connectivity index (χ0) is 17.4. The molecule has 1 fully saturated rings. The molecule has 3 rings (SSSR count). The molecule has 2 aromatic rings. The molecule has 124 valence electrons. The SMILES string of the molecule is Cc1cc(/C=C2/NC(=O)N(Cc3ccc(Br)cc3)C2=O)c(C)n1C. The molecule has 3 amide bonds. The number of hydrogen-bond acceptors (Lipinski definition) is 2. The maximum atomic E-state index is 12.6. The highest BCUT2D eigenvalue weighted by Crippen LogP contribution is 2.21. The number of hydrogen-bond donors (Lipinski definition) is 1. The molecule has 24 heavy (non-hydrogen) atoms. The highest BCUT2D eigenvalue weighted by atomic mass is 79.9. The second kappa shape index (κ2) is 6.28. The van der Waals surface area contributed by atoms with E-state index in [1.165, 1.54) is 4.90 Å².